The molecule has 1 saturated carbocycles. The number of carboxylic acids is 1. The van der Waals surface area contributed by atoms with E-state index in [1.807, 2.05) is 37.8 Å². The quantitative estimate of drug-likeness (QED) is 0.231. The van der Waals surface area contributed by atoms with Crippen molar-refractivity contribution < 1.29 is 32.3 Å². The number of amides is 2. The number of carboxylic acid groups (broad SMARTS) is 1. The Balaban J connectivity index is 1.74. The van der Waals surface area contributed by atoms with Crippen molar-refractivity contribution in [3.8, 4) is 11.1 Å². The third-order valence-corrected chi connectivity index (χ3v) is 7.55. The van der Waals surface area contributed by atoms with Gasteiger partial charge in [0.2, 0.25) is 0 Å². The summed E-state index contributed by atoms with van der Waals surface area (Å²) < 4.78 is 54.4. The number of aromatic carboxylic acids is 1. The summed E-state index contributed by atoms with van der Waals surface area (Å²) in [6.45, 7) is 6.46. The smallest absolute Gasteiger partial charge is 0.391 e. The van der Waals surface area contributed by atoms with Gasteiger partial charge in [-0.05, 0) is 92.1 Å². The van der Waals surface area contributed by atoms with Crippen LogP contribution in [0.4, 0.5) is 39.4 Å². The highest BCUT2D eigenvalue weighted by atomic mass is 19.4. The molecule has 4 rings (SSSR count). The fourth-order valence-electron chi connectivity index (χ4n) is 5.47. The van der Waals surface area contributed by atoms with Gasteiger partial charge in [0.05, 0.1) is 22.9 Å². The zero-order valence-corrected chi connectivity index (χ0v) is 23.8. The molecular weight excluding hydrogens is 550 g/mol. The van der Waals surface area contributed by atoms with E-state index in [1.54, 1.807) is 30.3 Å². The minimum atomic E-state index is -4.23. The molecule has 0 aromatic heterocycles. The SMILES string of the molecule is Cc1ccc(NC(=O)Nc2cc(-c3cc(F)ccc3C(=O)O)ccc2N(CC(C)C)C2CCC(C(F)(F)F)CC2)cc1. The molecule has 0 atom stereocenters. The normalized spacial score (nSPS) is 17.1. The van der Waals surface area contributed by atoms with Gasteiger partial charge in [-0.2, -0.15) is 13.2 Å². The van der Waals surface area contributed by atoms with E-state index in [4.69, 9.17) is 0 Å². The van der Waals surface area contributed by atoms with Crippen LogP contribution in [0.15, 0.2) is 60.7 Å². The number of urea groups is 1. The van der Waals surface area contributed by atoms with Crippen LogP contribution in [0.1, 0.15) is 55.5 Å². The number of hydrogen-bond acceptors (Lipinski definition) is 3. The topological polar surface area (TPSA) is 81.7 Å². The lowest BCUT2D eigenvalue weighted by Crippen LogP contribution is -2.42. The summed E-state index contributed by atoms with van der Waals surface area (Å²) in [5.74, 6) is -3.03. The highest BCUT2D eigenvalue weighted by Gasteiger charge is 2.42. The van der Waals surface area contributed by atoms with Crippen molar-refractivity contribution in [1.82, 2.24) is 0 Å². The number of rotatable bonds is 8. The first-order valence-corrected chi connectivity index (χ1v) is 14.0. The number of anilines is 3. The van der Waals surface area contributed by atoms with Crippen LogP contribution in [-0.4, -0.2) is 35.9 Å². The van der Waals surface area contributed by atoms with Crippen molar-refractivity contribution in [3.63, 3.8) is 0 Å². The Morgan fingerprint density at radius 2 is 1.62 bits per heavy atom. The number of benzene rings is 3. The van der Waals surface area contributed by atoms with E-state index in [2.05, 4.69) is 10.6 Å². The zero-order valence-electron chi connectivity index (χ0n) is 23.8. The van der Waals surface area contributed by atoms with E-state index < -0.39 is 29.9 Å². The molecule has 0 saturated heterocycles. The number of nitrogens with one attached hydrogen (secondary N) is 2. The molecule has 0 spiro atoms. The van der Waals surface area contributed by atoms with Gasteiger partial charge in [-0.1, -0.05) is 37.6 Å². The summed E-state index contributed by atoms with van der Waals surface area (Å²) >= 11 is 0. The lowest BCUT2D eigenvalue weighted by Gasteiger charge is -2.40. The van der Waals surface area contributed by atoms with Gasteiger partial charge in [0.25, 0.3) is 0 Å². The Hall–Kier alpha value is -4.08. The summed E-state index contributed by atoms with van der Waals surface area (Å²) in [4.78, 5) is 27.1. The predicted octanol–water partition coefficient (Wildman–Crippen LogP) is 8.73. The summed E-state index contributed by atoms with van der Waals surface area (Å²) in [6, 6.07) is 14.8. The Kier molecular flexibility index (Phi) is 9.43. The monoisotopic (exact) mass is 585 g/mol. The molecule has 1 fully saturated rings. The van der Waals surface area contributed by atoms with Crippen LogP contribution in [0.5, 0.6) is 0 Å². The molecular formula is C32H35F4N3O3. The van der Waals surface area contributed by atoms with E-state index in [0.717, 1.165) is 17.7 Å². The average Bonchev–Trinajstić information content (AvgIpc) is 2.92. The minimum Gasteiger partial charge on any atom is -0.478 e. The Morgan fingerprint density at radius 3 is 2.21 bits per heavy atom. The summed E-state index contributed by atoms with van der Waals surface area (Å²) in [6.07, 6.45) is -3.53. The number of carbonyl (C=O) groups is 2. The first-order chi connectivity index (χ1) is 19.8. The van der Waals surface area contributed by atoms with Gasteiger partial charge in [0, 0.05) is 18.3 Å². The van der Waals surface area contributed by atoms with E-state index in [0.29, 0.717) is 42.0 Å². The predicted molar refractivity (Wildman–Crippen MR) is 157 cm³/mol. The maximum Gasteiger partial charge on any atom is 0.391 e. The number of aryl methyl sites for hydroxylation is 1. The van der Waals surface area contributed by atoms with Crippen LogP contribution in [0.2, 0.25) is 0 Å². The third-order valence-electron chi connectivity index (χ3n) is 7.55. The molecule has 224 valence electrons. The molecule has 3 N–H and O–H groups in total. The fourth-order valence-corrected chi connectivity index (χ4v) is 5.47. The van der Waals surface area contributed by atoms with E-state index in [1.165, 1.54) is 6.07 Å². The van der Waals surface area contributed by atoms with Crippen molar-refractivity contribution in [1.29, 1.82) is 0 Å². The van der Waals surface area contributed by atoms with Gasteiger partial charge >= 0.3 is 18.2 Å². The summed E-state index contributed by atoms with van der Waals surface area (Å²) in [7, 11) is 0. The molecule has 3 aromatic carbocycles. The molecule has 3 aromatic rings. The summed E-state index contributed by atoms with van der Waals surface area (Å²) in [5, 5.41) is 15.4. The Labute approximate surface area is 242 Å². The number of alkyl halides is 3. The van der Waals surface area contributed by atoms with Crippen LogP contribution in [-0.2, 0) is 0 Å². The van der Waals surface area contributed by atoms with Crippen molar-refractivity contribution >= 4 is 29.1 Å². The number of hydrogen-bond donors (Lipinski definition) is 3. The van der Waals surface area contributed by atoms with Gasteiger partial charge in [-0.3, -0.25) is 0 Å². The minimum absolute atomic E-state index is 0.0166. The molecule has 42 heavy (non-hydrogen) atoms. The molecule has 1 aliphatic carbocycles. The van der Waals surface area contributed by atoms with Gasteiger partial charge in [-0.25, -0.2) is 14.0 Å². The fraction of sp³-hybridized carbons (Fsp3) is 0.375. The highest BCUT2D eigenvalue weighted by Crippen LogP contribution is 2.42. The summed E-state index contributed by atoms with van der Waals surface area (Å²) in [5.41, 5.74) is 2.89. The van der Waals surface area contributed by atoms with Crippen molar-refractivity contribution in [2.45, 2.75) is 58.7 Å². The van der Waals surface area contributed by atoms with E-state index in [-0.39, 0.29) is 35.9 Å². The number of nitrogens with zero attached hydrogens (tertiary/aromatic N) is 1. The molecule has 10 heteroatoms. The van der Waals surface area contributed by atoms with Crippen molar-refractivity contribution in [2.24, 2.45) is 11.8 Å². The standard InChI is InChI=1S/C32H35F4N3O3/c1-19(2)18-39(25-12-7-22(8-13-25)32(34,35)36)29-15-6-21(27-17-23(33)9-14-26(27)30(40)41)16-28(29)38-31(42)37-24-10-4-20(3)5-11-24/h4-6,9-11,14-17,19,22,25H,7-8,12-13,18H2,1-3H3,(H,40,41)(H2,37,38,42). The van der Waals surface area contributed by atoms with Gasteiger partial charge in [0.1, 0.15) is 5.82 Å². The highest BCUT2D eigenvalue weighted by molar-refractivity contribution is 6.03. The lowest BCUT2D eigenvalue weighted by atomic mass is 9.84. The van der Waals surface area contributed by atoms with Gasteiger partial charge < -0.3 is 20.6 Å². The van der Waals surface area contributed by atoms with Gasteiger partial charge in [0.15, 0.2) is 0 Å². The number of carbonyl (C=O) groups excluding carboxylic acids is 1. The lowest BCUT2D eigenvalue weighted by molar-refractivity contribution is -0.182. The largest absolute Gasteiger partial charge is 0.478 e. The zero-order chi connectivity index (χ0) is 30.6. The molecule has 2 amide bonds. The maximum absolute atomic E-state index is 14.2. The second-order valence-electron chi connectivity index (χ2n) is 11.3. The van der Waals surface area contributed by atoms with Crippen LogP contribution in [0, 0.1) is 24.6 Å². The first-order valence-electron chi connectivity index (χ1n) is 14.0. The number of halogens is 4. The maximum atomic E-state index is 14.2. The van der Waals surface area contributed by atoms with Crippen LogP contribution < -0.4 is 15.5 Å². The molecule has 0 radical (unpaired) electrons. The molecule has 0 unspecified atom stereocenters. The van der Waals surface area contributed by atoms with E-state index >= 15 is 0 Å². The van der Waals surface area contributed by atoms with Crippen LogP contribution in [0.3, 0.4) is 0 Å². The Bertz CT molecular complexity index is 1420. The van der Waals surface area contributed by atoms with Gasteiger partial charge in [-0.15, -0.1) is 0 Å². The molecule has 0 heterocycles. The van der Waals surface area contributed by atoms with Crippen LogP contribution >= 0.6 is 0 Å². The Morgan fingerprint density at radius 1 is 0.952 bits per heavy atom. The molecule has 1 aliphatic rings. The molecule has 0 aliphatic heterocycles. The first kappa shape index (κ1) is 30.9. The third kappa shape index (κ3) is 7.60. The van der Waals surface area contributed by atoms with Crippen LogP contribution in [0.25, 0.3) is 11.1 Å². The second-order valence-corrected chi connectivity index (χ2v) is 11.3. The molecule has 6 nitrogen and oxygen atoms in total. The molecule has 0 bridgehead atoms. The van der Waals surface area contributed by atoms with E-state index in [9.17, 15) is 32.3 Å². The van der Waals surface area contributed by atoms with Crippen molar-refractivity contribution in [3.05, 3.63) is 77.6 Å². The van der Waals surface area contributed by atoms with Crippen molar-refractivity contribution in [2.75, 3.05) is 22.1 Å². The average molecular weight is 586 g/mol. The second kappa shape index (κ2) is 12.8.